The number of hydrogen-bond donors (Lipinski definition) is 0. The molecule has 3 rings (SSSR count). The number of rotatable bonds is 13. The second kappa shape index (κ2) is 12.9. The molecule has 0 saturated carbocycles. The monoisotopic (exact) mass is 524 g/mol. The van der Waals surface area contributed by atoms with E-state index in [4.69, 9.17) is 14.2 Å². The maximum atomic E-state index is 12.5. The summed E-state index contributed by atoms with van der Waals surface area (Å²) in [5, 5.41) is 0. The van der Waals surface area contributed by atoms with Crippen LogP contribution in [0.2, 0.25) is 0 Å². The molecule has 0 unspecified atom stereocenters. The van der Waals surface area contributed by atoms with Crippen LogP contribution in [0, 0.1) is 0 Å². The highest BCUT2D eigenvalue weighted by Gasteiger charge is 2.16. The van der Waals surface area contributed by atoms with Gasteiger partial charge in [-0.05, 0) is 47.7 Å². The van der Waals surface area contributed by atoms with E-state index in [-0.39, 0.29) is 24.4 Å². The molecule has 3 aromatic rings. The average Bonchev–Trinajstić information content (AvgIpc) is 2.86. The third-order valence-corrected chi connectivity index (χ3v) is 6.01. The van der Waals surface area contributed by atoms with Crippen molar-refractivity contribution in [2.75, 3.05) is 14.2 Å². The highest BCUT2D eigenvalue weighted by atomic mass is 79.9. The van der Waals surface area contributed by atoms with Gasteiger partial charge in [0.2, 0.25) is 0 Å². The van der Waals surface area contributed by atoms with Gasteiger partial charge in [0.05, 0.1) is 20.6 Å². The topological polar surface area (TPSA) is 61.8 Å². The van der Waals surface area contributed by atoms with Gasteiger partial charge in [-0.25, -0.2) is 0 Å². The number of Topliss-reactive ketones (excluding diaryl/α,β-unsaturated/α-hetero) is 2. The Hall–Kier alpha value is -3.12. The Balaban J connectivity index is 1.56. The van der Waals surface area contributed by atoms with Crippen molar-refractivity contribution in [2.45, 2.75) is 38.7 Å². The first-order valence-corrected chi connectivity index (χ1v) is 12.0. The van der Waals surface area contributed by atoms with E-state index in [9.17, 15) is 9.59 Å². The van der Waals surface area contributed by atoms with E-state index < -0.39 is 0 Å². The smallest absolute Gasteiger partial charge is 0.164 e. The lowest BCUT2D eigenvalue weighted by atomic mass is 10.0. The van der Waals surface area contributed by atoms with Crippen LogP contribution in [0.5, 0.6) is 17.2 Å². The summed E-state index contributed by atoms with van der Waals surface area (Å²) in [5.41, 5.74) is 2.95. The summed E-state index contributed by atoms with van der Waals surface area (Å²) in [6.07, 6.45) is 1.65. The van der Waals surface area contributed by atoms with Crippen LogP contribution in [0.1, 0.15) is 36.0 Å². The normalized spacial score (nSPS) is 10.6. The summed E-state index contributed by atoms with van der Waals surface area (Å²) in [4.78, 5) is 24.8. The summed E-state index contributed by atoms with van der Waals surface area (Å²) in [6.45, 7) is 0.398. The van der Waals surface area contributed by atoms with Gasteiger partial charge in [0, 0.05) is 23.4 Å². The van der Waals surface area contributed by atoms with Gasteiger partial charge in [-0.2, -0.15) is 0 Å². The molecule has 6 heteroatoms. The van der Waals surface area contributed by atoms with Gasteiger partial charge < -0.3 is 14.2 Å². The van der Waals surface area contributed by atoms with Gasteiger partial charge in [-0.1, -0.05) is 58.4 Å². The van der Waals surface area contributed by atoms with Crippen molar-refractivity contribution in [1.29, 1.82) is 0 Å². The van der Waals surface area contributed by atoms with Crippen LogP contribution in [-0.2, 0) is 29.0 Å². The van der Waals surface area contributed by atoms with Gasteiger partial charge in [-0.15, -0.1) is 0 Å². The maximum Gasteiger partial charge on any atom is 0.164 e. The molecule has 0 amide bonds. The van der Waals surface area contributed by atoms with Crippen LogP contribution < -0.4 is 14.2 Å². The number of methoxy groups -OCH3 is 2. The second-order valence-electron chi connectivity index (χ2n) is 7.97. The van der Waals surface area contributed by atoms with Crippen molar-refractivity contribution in [3.8, 4) is 17.2 Å². The van der Waals surface area contributed by atoms with Gasteiger partial charge in [-0.3, -0.25) is 9.59 Å². The minimum absolute atomic E-state index is 0.0403. The Labute approximate surface area is 209 Å². The van der Waals surface area contributed by atoms with Gasteiger partial charge in [0.15, 0.2) is 11.5 Å². The molecule has 0 aromatic heterocycles. The SMILES string of the molecule is COc1cc(OC)c(OCc2ccccc2)cc1CCC(=O)CC(=O)CCc1ccc(Br)cc1. The Morgan fingerprint density at radius 2 is 1.38 bits per heavy atom. The van der Waals surface area contributed by atoms with Crippen molar-refractivity contribution in [3.05, 3.63) is 87.9 Å². The number of halogens is 1. The van der Waals surface area contributed by atoms with Crippen LogP contribution in [0.3, 0.4) is 0 Å². The number of benzene rings is 3. The molecule has 0 aliphatic carbocycles. The van der Waals surface area contributed by atoms with Crippen molar-refractivity contribution < 1.29 is 23.8 Å². The zero-order valence-electron chi connectivity index (χ0n) is 19.5. The number of ketones is 2. The molecule has 0 aliphatic heterocycles. The van der Waals surface area contributed by atoms with Crippen LogP contribution in [-0.4, -0.2) is 25.8 Å². The van der Waals surface area contributed by atoms with Crippen LogP contribution in [0.25, 0.3) is 0 Å². The molecule has 0 aliphatic rings. The molecule has 0 bridgehead atoms. The number of hydrogen-bond acceptors (Lipinski definition) is 5. The zero-order valence-corrected chi connectivity index (χ0v) is 21.1. The summed E-state index contributed by atoms with van der Waals surface area (Å²) in [6, 6.07) is 21.3. The van der Waals surface area contributed by atoms with Crippen LogP contribution in [0.15, 0.2) is 71.2 Å². The lowest BCUT2D eigenvalue weighted by Gasteiger charge is -2.15. The van der Waals surface area contributed by atoms with E-state index in [1.807, 2.05) is 60.7 Å². The van der Waals surface area contributed by atoms with E-state index in [0.29, 0.717) is 43.1 Å². The Morgan fingerprint density at radius 3 is 2.03 bits per heavy atom. The fraction of sp³-hybridized carbons (Fsp3) is 0.286. The molecule has 0 fully saturated rings. The fourth-order valence-corrected chi connectivity index (χ4v) is 3.85. The molecule has 0 spiro atoms. The summed E-state index contributed by atoms with van der Waals surface area (Å²) >= 11 is 3.40. The molecular weight excluding hydrogens is 496 g/mol. The van der Waals surface area contributed by atoms with E-state index in [0.717, 1.165) is 21.2 Å². The molecular formula is C28H29BrO5. The summed E-state index contributed by atoms with van der Waals surface area (Å²) in [7, 11) is 3.16. The minimum Gasteiger partial charge on any atom is -0.496 e. The molecule has 0 atom stereocenters. The first-order chi connectivity index (χ1) is 16.5. The van der Waals surface area contributed by atoms with Crippen LogP contribution in [0.4, 0.5) is 0 Å². The largest absolute Gasteiger partial charge is 0.496 e. The van der Waals surface area contributed by atoms with E-state index in [1.165, 1.54) is 0 Å². The van der Waals surface area contributed by atoms with Gasteiger partial charge >= 0.3 is 0 Å². The molecule has 0 N–H and O–H groups in total. The Bertz CT molecular complexity index is 1090. The minimum atomic E-state index is -0.0783. The average molecular weight is 525 g/mol. The quantitative estimate of drug-likeness (QED) is 0.251. The highest BCUT2D eigenvalue weighted by molar-refractivity contribution is 9.10. The third-order valence-electron chi connectivity index (χ3n) is 5.48. The van der Waals surface area contributed by atoms with Crippen LogP contribution >= 0.6 is 15.9 Å². The third kappa shape index (κ3) is 7.73. The predicted octanol–water partition coefficient (Wildman–Crippen LogP) is 6.14. The highest BCUT2D eigenvalue weighted by Crippen LogP contribution is 2.36. The summed E-state index contributed by atoms with van der Waals surface area (Å²) < 4.78 is 17.9. The predicted molar refractivity (Wildman–Crippen MR) is 136 cm³/mol. The van der Waals surface area contributed by atoms with Gasteiger partial charge in [0.25, 0.3) is 0 Å². The standard InChI is InChI=1S/C28H29BrO5/c1-32-26-18-27(33-2)28(34-19-21-6-4-3-5-7-21)16-22(26)11-15-25(31)17-24(30)14-10-20-8-12-23(29)13-9-20/h3-9,12-13,16,18H,10-11,14-15,17,19H2,1-2H3. The number of carbonyl (C=O) groups is 2. The second-order valence-corrected chi connectivity index (χ2v) is 8.89. The molecule has 34 heavy (non-hydrogen) atoms. The number of carbonyl (C=O) groups excluding carboxylic acids is 2. The van der Waals surface area contributed by atoms with Crippen molar-refractivity contribution in [2.24, 2.45) is 0 Å². The molecule has 5 nitrogen and oxygen atoms in total. The van der Waals surface area contributed by atoms with E-state index in [1.54, 1.807) is 20.3 Å². The van der Waals surface area contributed by atoms with Gasteiger partial charge in [0.1, 0.15) is 23.9 Å². The number of ether oxygens (including phenoxy) is 3. The molecule has 0 radical (unpaired) electrons. The molecule has 0 heterocycles. The first kappa shape index (κ1) is 25.5. The maximum absolute atomic E-state index is 12.5. The van der Waals surface area contributed by atoms with Crippen molar-refractivity contribution in [3.63, 3.8) is 0 Å². The Morgan fingerprint density at radius 1 is 0.735 bits per heavy atom. The number of aryl methyl sites for hydroxylation is 2. The lowest BCUT2D eigenvalue weighted by molar-refractivity contribution is -0.126. The molecule has 0 saturated heterocycles. The van der Waals surface area contributed by atoms with E-state index in [2.05, 4.69) is 15.9 Å². The molecule has 178 valence electrons. The first-order valence-electron chi connectivity index (χ1n) is 11.2. The Kier molecular flexibility index (Phi) is 9.71. The molecule has 3 aromatic carbocycles. The van der Waals surface area contributed by atoms with E-state index >= 15 is 0 Å². The van der Waals surface area contributed by atoms with Crippen molar-refractivity contribution >= 4 is 27.5 Å². The fourth-order valence-electron chi connectivity index (χ4n) is 3.58. The lowest BCUT2D eigenvalue weighted by Crippen LogP contribution is -2.10. The zero-order chi connectivity index (χ0) is 24.3. The summed E-state index contributed by atoms with van der Waals surface area (Å²) in [5.74, 6) is 1.65. The van der Waals surface area contributed by atoms with Crippen molar-refractivity contribution in [1.82, 2.24) is 0 Å².